The maximum Gasteiger partial charge on any atom is 0.227 e. The van der Waals surface area contributed by atoms with E-state index < -0.39 is 0 Å². The Morgan fingerprint density at radius 2 is 1.96 bits per heavy atom. The molecule has 28 heavy (non-hydrogen) atoms. The number of fused-ring (bicyclic) bond motifs is 1. The first kappa shape index (κ1) is 18.3. The fourth-order valence-electron chi connectivity index (χ4n) is 2.80. The molecule has 1 heterocycles. The van der Waals surface area contributed by atoms with Gasteiger partial charge in [0.25, 0.3) is 0 Å². The van der Waals surface area contributed by atoms with Crippen LogP contribution in [0.5, 0.6) is 11.5 Å². The third kappa shape index (κ3) is 3.64. The molecule has 0 saturated heterocycles. The molecule has 0 spiro atoms. The number of benzene rings is 3. The van der Waals surface area contributed by atoms with E-state index in [0.29, 0.717) is 35.1 Å². The molecule has 0 amide bonds. The van der Waals surface area contributed by atoms with Crippen molar-refractivity contribution in [3.63, 3.8) is 0 Å². The molecule has 4 rings (SSSR count). The lowest BCUT2D eigenvalue weighted by molar-refractivity contribution is 0.318. The Morgan fingerprint density at radius 3 is 2.75 bits per heavy atom. The summed E-state index contributed by atoms with van der Waals surface area (Å²) in [6, 6.07) is 18.8. The molecule has 0 bridgehead atoms. The third-order valence-electron chi connectivity index (χ3n) is 4.16. The van der Waals surface area contributed by atoms with Crippen LogP contribution in [0.1, 0.15) is 12.5 Å². The third-order valence-corrected chi connectivity index (χ3v) is 4.85. The second-order valence-electron chi connectivity index (χ2n) is 6.04. The van der Waals surface area contributed by atoms with Crippen LogP contribution in [0.2, 0.25) is 0 Å². The number of aromatic nitrogens is 1. The quantitative estimate of drug-likeness (QED) is 0.383. The highest BCUT2D eigenvalue weighted by Gasteiger charge is 2.11. The minimum absolute atomic E-state index is 0.0499. The molecular weight excluding hydrogens is 420 g/mol. The second kappa shape index (κ2) is 7.86. The van der Waals surface area contributed by atoms with Gasteiger partial charge in [0.15, 0.2) is 17.1 Å². The highest BCUT2D eigenvalue weighted by molar-refractivity contribution is 9.10. The Labute approximate surface area is 170 Å². The van der Waals surface area contributed by atoms with E-state index in [-0.39, 0.29) is 5.75 Å². The van der Waals surface area contributed by atoms with Crippen LogP contribution in [0.3, 0.4) is 0 Å². The van der Waals surface area contributed by atoms with Gasteiger partial charge in [-0.25, -0.2) is 4.98 Å². The minimum Gasteiger partial charge on any atom is -0.504 e. The van der Waals surface area contributed by atoms with Crippen LogP contribution in [0, 0.1) is 0 Å². The van der Waals surface area contributed by atoms with Crippen molar-refractivity contribution in [3.8, 4) is 23.0 Å². The molecule has 140 valence electrons. The monoisotopic (exact) mass is 436 g/mol. The Morgan fingerprint density at radius 1 is 1.14 bits per heavy atom. The van der Waals surface area contributed by atoms with Crippen molar-refractivity contribution in [2.45, 2.75) is 6.92 Å². The Hall–Kier alpha value is -3.12. The number of halogens is 1. The number of rotatable bonds is 5. The summed E-state index contributed by atoms with van der Waals surface area (Å²) in [6.45, 7) is 2.34. The highest BCUT2D eigenvalue weighted by atomic mass is 79.9. The van der Waals surface area contributed by atoms with Crippen LogP contribution in [-0.2, 0) is 0 Å². The lowest BCUT2D eigenvalue weighted by Crippen LogP contribution is -1.94. The molecule has 0 fully saturated rings. The van der Waals surface area contributed by atoms with Gasteiger partial charge in [-0.05, 0) is 65.3 Å². The predicted molar refractivity (Wildman–Crippen MR) is 114 cm³/mol. The smallest absolute Gasteiger partial charge is 0.227 e. The first-order valence-electron chi connectivity index (χ1n) is 8.80. The minimum atomic E-state index is 0.0499. The first-order valence-corrected chi connectivity index (χ1v) is 9.59. The van der Waals surface area contributed by atoms with Crippen molar-refractivity contribution in [2.75, 3.05) is 6.61 Å². The molecule has 0 aliphatic heterocycles. The molecule has 4 aromatic rings. The maximum absolute atomic E-state index is 10.4. The molecule has 1 aromatic heterocycles. The van der Waals surface area contributed by atoms with Crippen LogP contribution in [0.4, 0.5) is 5.69 Å². The number of nitrogens with zero attached hydrogens (tertiary/aromatic N) is 2. The van der Waals surface area contributed by atoms with E-state index in [0.717, 1.165) is 15.6 Å². The zero-order valence-corrected chi connectivity index (χ0v) is 16.7. The van der Waals surface area contributed by atoms with Gasteiger partial charge in [0.05, 0.1) is 17.9 Å². The van der Waals surface area contributed by atoms with Gasteiger partial charge in [-0.3, -0.25) is 4.99 Å². The molecule has 0 unspecified atom stereocenters. The largest absolute Gasteiger partial charge is 0.504 e. The summed E-state index contributed by atoms with van der Waals surface area (Å²) in [5.41, 5.74) is 3.59. The number of hydrogen-bond acceptors (Lipinski definition) is 5. The van der Waals surface area contributed by atoms with Gasteiger partial charge in [-0.15, -0.1) is 0 Å². The lowest BCUT2D eigenvalue weighted by Gasteiger charge is -2.09. The lowest BCUT2D eigenvalue weighted by atomic mass is 10.2. The van der Waals surface area contributed by atoms with Crippen molar-refractivity contribution < 1.29 is 14.3 Å². The summed E-state index contributed by atoms with van der Waals surface area (Å²) in [4.78, 5) is 9.03. The van der Waals surface area contributed by atoms with Crippen LogP contribution < -0.4 is 4.74 Å². The number of aromatic hydroxyl groups is 1. The zero-order chi connectivity index (χ0) is 19.5. The Balaban J connectivity index is 1.66. The molecule has 3 aromatic carbocycles. The van der Waals surface area contributed by atoms with Gasteiger partial charge in [-0.1, -0.05) is 18.2 Å². The summed E-state index contributed by atoms with van der Waals surface area (Å²) < 4.78 is 12.0. The normalized spacial score (nSPS) is 11.4. The molecule has 1 N–H and O–H groups in total. The van der Waals surface area contributed by atoms with Gasteiger partial charge in [0.1, 0.15) is 5.52 Å². The topological polar surface area (TPSA) is 67.9 Å². The van der Waals surface area contributed by atoms with Crippen molar-refractivity contribution in [1.29, 1.82) is 0 Å². The molecule has 0 atom stereocenters. The van der Waals surface area contributed by atoms with Crippen molar-refractivity contribution in [2.24, 2.45) is 4.99 Å². The molecule has 0 aliphatic rings. The number of hydrogen-bond donors (Lipinski definition) is 1. The van der Waals surface area contributed by atoms with Gasteiger partial charge < -0.3 is 14.3 Å². The van der Waals surface area contributed by atoms with Crippen molar-refractivity contribution in [3.05, 3.63) is 70.7 Å². The van der Waals surface area contributed by atoms with Gasteiger partial charge in [0.2, 0.25) is 5.89 Å². The number of aliphatic imine (C=N–C) groups is 1. The highest BCUT2D eigenvalue weighted by Crippen LogP contribution is 2.34. The summed E-state index contributed by atoms with van der Waals surface area (Å²) in [5.74, 6) is 1.04. The Bertz CT molecular complexity index is 1150. The molecule has 0 saturated carbocycles. The van der Waals surface area contributed by atoms with Crippen LogP contribution in [-0.4, -0.2) is 22.9 Å². The van der Waals surface area contributed by atoms with Crippen LogP contribution >= 0.6 is 15.9 Å². The van der Waals surface area contributed by atoms with Gasteiger partial charge >= 0.3 is 0 Å². The van der Waals surface area contributed by atoms with E-state index in [1.165, 1.54) is 0 Å². The SMILES string of the molecule is CCOc1ccc(Br)c(C=Nc2ccc3oc(-c4ccccc4)nc3c2)c1O. The van der Waals surface area contributed by atoms with E-state index in [1.807, 2.05) is 61.5 Å². The van der Waals surface area contributed by atoms with E-state index >= 15 is 0 Å². The van der Waals surface area contributed by atoms with Crippen LogP contribution in [0.15, 0.2) is 74.5 Å². The van der Waals surface area contributed by atoms with Gasteiger partial charge in [0, 0.05) is 16.3 Å². The summed E-state index contributed by atoms with van der Waals surface area (Å²) in [5, 5.41) is 10.4. The summed E-state index contributed by atoms with van der Waals surface area (Å²) in [6.07, 6.45) is 1.60. The molecular formula is C22H17BrN2O3. The number of phenols is 1. The standard InChI is InChI=1S/C22H17BrN2O3/c1-2-27-20-11-9-17(23)16(21(20)26)13-24-15-8-10-19-18(12-15)25-22(28-19)14-6-4-3-5-7-14/h3-13,26H,2H2,1H3. The van der Waals surface area contributed by atoms with Crippen molar-refractivity contribution in [1.82, 2.24) is 4.98 Å². The summed E-state index contributed by atoms with van der Waals surface area (Å²) >= 11 is 3.44. The number of ether oxygens (including phenoxy) is 1. The molecule has 0 aliphatic carbocycles. The predicted octanol–water partition coefficient (Wildman–Crippen LogP) is 6.11. The molecule has 6 heteroatoms. The first-order chi connectivity index (χ1) is 13.7. The van der Waals surface area contributed by atoms with E-state index in [1.54, 1.807) is 12.3 Å². The second-order valence-corrected chi connectivity index (χ2v) is 6.89. The van der Waals surface area contributed by atoms with Gasteiger partial charge in [-0.2, -0.15) is 0 Å². The van der Waals surface area contributed by atoms with Crippen molar-refractivity contribution >= 4 is 38.9 Å². The number of oxazole rings is 1. The van der Waals surface area contributed by atoms with E-state index in [9.17, 15) is 5.11 Å². The van der Waals surface area contributed by atoms with E-state index in [4.69, 9.17) is 9.15 Å². The molecule has 5 nitrogen and oxygen atoms in total. The average molecular weight is 437 g/mol. The maximum atomic E-state index is 10.4. The summed E-state index contributed by atoms with van der Waals surface area (Å²) in [7, 11) is 0. The van der Waals surface area contributed by atoms with E-state index in [2.05, 4.69) is 25.9 Å². The average Bonchev–Trinajstić information content (AvgIpc) is 3.14. The van der Waals surface area contributed by atoms with Crippen LogP contribution in [0.25, 0.3) is 22.6 Å². The zero-order valence-electron chi connectivity index (χ0n) is 15.1. The molecule has 0 radical (unpaired) electrons. The number of phenolic OH excluding ortho intramolecular Hbond substituents is 1. The fourth-order valence-corrected chi connectivity index (χ4v) is 3.22. The fraction of sp³-hybridized carbons (Fsp3) is 0.0909. The Kier molecular flexibility index (Phi) is 5.12.